The number of nitrogens with zero attached hydrogens (tertiary/aromatic N) is 5. The first-order valence-electron chi connectivity index (χ1n) is 16.2. The molecule has 3 amide bonds. The minimum atomic E-state index is -0.817. The second-order valence-corrected chi connectivity index (χ2v) is 14.4. The van der Waals surface area contributed by atoms with Gasteiger partial charge < -0.3 is 29.5 Å². The van der Waals surface area contributed by atoms with Gasteiger partial charge in [-0.2, -0.15) is 0 Å². The number of rotatable bonds is 9. The van der Waals surface area contributed by atoms with E-state index in [-0.39, 0.29) is 36.9 Å². The predicted octanol–water partition coefficient (Wildman–Crippen LogP) is 4.28. The zero-order chi connectivity index (χ0) is 33.9. The molecule has 2 saturated heterocycles. The number of β-amino-alcohol motifs (C(OH)–C–C–N with tert-alkyl or cyclic N) is 1. The Kier molecular flexibility index (Phi) is 10.7. The molecule has 254 valence electrons. The number of amides is 3. The van der Waals surface area contributed by atoms with Crippen molar-refractivity contribution in [2.45, 2.75) is 84.1 Å². The molecule has 2 aliphatic heterocycles. The Bertz CT molecular complexity index is 1540. The lowest BCUT2D eigenvalue weighted by atomic mass is 9.98. The molecule has 13 heteroatoms. The molecule has 2 unspecified atom stereocenters. The molecule has 4 heterocycles. The molecule has 2 N–H and O–H groups in total. The average Bonchev–Trinajstić information content (AvgIpc) is 3.76. The van der Waals surface area contributed by atoms with Gasteiger partial charge in [0.2, 0.25) is 11.8 Å². The number of hydrogen-bond acceptors (Lipinski definition) is 10. The van der Waals surface area contributed by atoms with Gasteiger partial charge >= 0.3 is 6.09 Å². The molecule has 3 aromatic rings. The van der Waals surface area contributed by atoms with Crippen molar-refractivity contribution in [3.05, 3.63) is 58.6 Å². The van der Waals surface area contributed by atoms with E-state index in [1.807, 2.05) is 64.4 Å². The van der Waals surface area contributed by atoms with Gasteiger partial charge in [-0.25, -0.2) is 9.78 Å². The van der Waals surface area contributed by atoms with E-state index in [1.165, 1.54) is 4.90 Å². The van der Waals surface area contributed by atoms with E-state index in [0.717, 1.165) is 21.7 Å². The summed E-state index contributed by atoms with van der Waals surface area (Å²) in [5, 5.41) is 17.7. The summed E-state index contributed by atoms with van der Waals surface area (Å²) in [4.78, 5) is 51.1. The van der Waals surface area contributed by atoms with Crippen LogP contribution in [-0.4, -0.2) is 105 Å². The van der Waals surface area contributed by atoms with Crippen LogP contribution in [0.2, 0.25) is 0 Å². The minimum absolute atomic E-state index is 0.0619. The number of aromatic nitrogens is 2. The standard InChI is InChI=1S/C34H46N6O6S/c1-21-17-29(46-37-21)27(11-12-38-13-15-39(16-14-38)33(44)45-34(4,5)6)32(43)40-19-26(41)18-28(40)31(42)36-22(2)24-7-9-25(10-8-24)30-23(3)35-20-47-30/h7-10,17,20,22,26-28,41H,11-16,18-19H2,1-6H3,(H,36,42)/t22?,26-,27?,28+/m1/s1. The Labute approximate surface area is 280 Å². The summed E-state index contributed by atoms with van der Waals surface area (Å²) in [6.45, 7) is 14.2. The maximum absolute atomic E-state index is 14.2. The number of likely N-dealkylation sites (tertiary alicyclic amines) is 1. The van der Waals surface area contributed by atoms with E-state index in [2.05, 4.69) is 20.4 Å². The van der Waals surface area contributed by atoms with Crippen LogP contribution in [0.1, 0.15) is 75.2 Å². The molecule has 0 aliphatic carbocycles. The predicted molar refractivity (Wildman–Crippen MR) is 178 cm³/mol. The quantitative estimate of drug-likeness (QED) is 0.342. The van der Waals surface area contributed by atoms with Crippen molar-refractivity contribution in [2.75, 3.05) is 39.3 Å². The Morgan fingerprint density at radius 3 is 2.43 bits per heavy atom. The smallest absolute Gasteiger partial charge is 0.410 e. The summed E-state index contributed by atoms with van der Waals surface area (Å²) < 4.78 is 11.1. The molecule has 2 fully saturated rings. The number of hydrogen-bond donors (Lipinski definition) is 2. The third-order valence-electron chi connectivity index (χ3n) is 8.69. The third-order valence-corrected chi connectivity index (χ3v) is 9.67. The second-order valence-electron chi connectivity index (χ2n) is 13.5. The number of nitrogens with one attached hydrogen (secondary N) is 1. The van der Waals surface area contributed by atoms with E-state index in [4.69, 9.17) is 9.26 Å². The maximum Gasteiger partial charge on any atom is 0.410 e. The summed E-state index contributed by atoms with van der Waals surface area (Å²) in [5.74, 6) is -0.830. The van der Waals surface area contributed by atoms with Crippen LogP contribution in [0.15, 0.2) is 40.4 Å². The SMILES string of the molecule is Cc1cc(C(CCN2CCN(C(=O)OC(C)(C)C)CC2)C(=O)N2C[C@H](O)C[C@H]2C(=O)NC(C)c2ccc(-c3scnc3C)cc2)on1. The van der Waals surface area contributed by atoms with Crippen molar-refractivity contribution in [3.8, 4) is 10.4 Å². The molecule has 4 atom stereocenters. The topological polar surface area (TPSA) is 141 Å². The van der Waals surface area contributed by atoms with Crippen molar-refractivity contribution < 1.29 is 28.8 Å². The van der Waals surface area contributed by atoms with E-state index in [0.29, 0.717) is 50.6 Å². The molecule has 2 aromatic heterocycles. The van der Waals surface area contributed by atoms with Crippen LogP contribution < -0.4 is 5.32 Å². The molecule has 5 rings (SSSR count). The monoisotopic (exact) mass is 666 g/mol. The number of carbonyl (C=O) groups is 3. The van der Waals surface area contributed by atoms with Crippen molar-refractivity contribution in [1.82, 2.24) is 30.2 Å². The highest BCUT2D eigenvalue weighted by Gasteiger charge is 2.43. The first kappa shape index (κ1) is 34.5. The molecule has 12 nitrogen and oxygen atoms in total. The van der Waals surface area contributed by atoms with Gasteiger partial charge in [-0.3, -0.25) is 14.5 Å². The zero-order valence-corrected chi connectivity index (χ0v) is 28.9. The second kappa shape index (κ2) is 14.5. The van der Waals surface area contributed by atoms with Crippen LogP contribution in [-0.2, 0) is 14.3 Å². The number of ether oxygens (including phenoxy) is 1. The largest absolute Gasteiger partial charge is 0.444 e. The van der Waals surface area contributed by atoms with E-state index in [1.54, 1.807) is 29.2 Å². The molecule has 1 aromatic carbocycles. The van der Waals surface area contributed by atoms with E-state index < -0.39 is 23.7 Å². The van der Waals surface area contributed by atoms with Gasteiger partial charge in [-0.1, -0.05) is 29.4 Å². The van der Waals surface area contributed by atoms with Crippen molar-refractivity contribution >= 4 is 29.2 Å². The molecular weight excluding hydrogens is 620 g/mol. The molecule has 0 bridgehead atoms. The summed E-state index contributed by atoms with van der Waals surface area (Å²) in [6.07, 6.45) is -0.549. The van der Waals surface area contributed by atoms with Gasteiger partial charge in [-0.15, -0.1) is 11.3 Å². The summed E-state index contributed by atoms with van der Waals surface area (Å²) in [5.41, 5.74) is 4.91. The van der Waals surface area contributed by atoms with Gasteiger partial charge in [0.1, 0.15) is 23.3 Å². The van der Waals surface area contributed by atoms with Crippen LogP contribution >= 0.6 is 11.3 Å². The molecule has 47 heavy (non-hydrogen) atoms. The van der Waals surface area contributed by atoms with E-state index >= 15 is 0 Å². The lowest BCUT2D eigenvalue weighted by Crippen LogP contribution is -2.51. The Morgan fingerprint density at radius 2 is 1.83 bits per heavy atom. The number of benzene rings is 1. The van der Waals surface area contributed by atoms with Gasteiger partial charge in [0.25, 0.3) is 0 Å². The summed E-state index contributed by atoms with van der Waals surface area (Å²) in [7, 11) is 0. The van der Waals surface area contributed by atoms with E-state index in [9.17, 15) is 19.5 Å². The Balaban J connectivity index is 1.22. The molecule has 0 radical (unpaired) electrons. The van der Waals surface area contributed by atoms with Gasteiger partial charge in [0, 0.05) is 45.2 Å². The van der Waals surface area contributed by atoms with Crippen molar-refractivity contribution in [2.24, 2.45) is 0 Å². The van der Waals surface area contributed by atoms with Crippen LogP contribution in [0.3, 0.4) is 0 Å². The first-order chi connectivity index (χ1) is 22.3. The number of piperazine rings is 1. The fourth-order valence-corrected chi connectivity index (χ4v) is 6.94. The summed E-state index contributed by atoms with van der Waals surface area (Å²) >= 11 is 1.59. The maximum atomic E-state index is 14.2. The molecular formula is C34H46N6O6S. The van der Waals surface area contributed by atoms with Crippen LogP contribution in [0, 0.1) is 13.8 Å². The fourth-order valence-electron chi connectivity index (χ4n) is 6.13. The number of aryl methyl sites for hydroxylation is 2. The number of thiazole rings is 1. The van der Waals surface area contributed by atoms with Crippen LogP contribution in [0.25, 0.3) is 10.4 Å². The zero-order valence-electron chi connectivity index (χ0n) is 28.1. The molecule has 0 saturated carbocycles. The average molecular weight is 667 g/mol. The van der Waals surface area contributed by atoms with Crippen molar-refractivity contribution in [3.63, 3.8) is 0 Å². The van der Waals surface area contributed by atoms with Crippen LogP contribution in [0.5, 0.6) is 0 Å². The highest BCUT2D eigenvalue weighted by atomic mass is 32.1. The Hall–Kier alpha value is -3.81. The minimum Gasteiger partial charge on any atom is -0.444 e. The summed E-state index contributed by atoms with van der Waals surface area (Å²) in [6, 6.07) is 8.65. The lowest BCUT2D eigenvalue weighted by Gasteiger charge is -2.36. The van der Waals surface area contributed by atoms with Gasteiger partial charge in [-0.05, 0) is 65.6 Å². The number of aliphatic hydroxyl groups excluding tert-OH is 1. The Morgan fingerprint density at radius 1 is 1.13 bits per heavy atom. The lowest BCUT2D eigenvalue weighted by molar-refractivity contribution is -0.140. The van der Waals surface area contributed by atoms with Crippen molar-refractivity contribution in [1.29, 1.82) is 0 Å². The highest BCUT2D eigenvalue weighted by molar-refractivity contribution is 7.13. The first-order valence-corrected chi connectivity index (χ1v) is 17.1. The normalized spacial score (nSPS) is 20.2. The molecule has 0 spiro atoms. The van der Waals surface area contributed by atoms with Gasteiger partial charge in [0.05, 0.1) is 33.9 Å². The highest BCUT2D eigenvalue weighted by Crippen LogP contribution is 2.31. The fraction of sp³-hybridized carbons (Fsp3) is 0.559. The number of aliphatic hydroxyl groups is 1. The van der Waals surface area contributed by atoms with Gasteiger partial charge in [0.15, 0.2) is 0 Å². The number of carbonyl (C=O) groups excluding carboxylic acids is 3. The molecule has 2 aliphatic rings. The third kappa shape index (κ3) is 8.57. The van der Waals surface area contributed by atoms with Crippen LogP contribution in [0.4, 0.5) is 4.79 Å².